The number of sulfone groups is 1. The largest absolute Gasteiger partial charge is 0.495 e. The standard InChI is InChI=1S/C9H12ClNO7S2/c1-17-9-3-2-7(6-8(9)11-10)19(12,13)5-4-18-20(14,15)16/h2-3,6,11H,4-5H2,1H3,(H,14,15,16). The summed E-state index contributed by atoms with van der Waals surface area (Å²) < 4.78 is 61.8. The average Bonchev–Trinajstić information content (AvgIpc) is 2.36. The molecular formula is C9H12ClNO7S2. The molecule has 0 heterocycles. The Balaban J connectivity index is 2.93. The molecule has 0 aliphatic carbocycles. The number of halogens is 1. The quantitative estimate of drug-likeness (QED) is 0.551. The lowest BCUT2D eigenvalue weighted by molar-refractivity contribution is 0.284. The monoisotopic (exact) mass is 345 g/mol. The van der Waals surface area contributed by atoms with Crippen molar-refractivity contribution in [1.29, 1.82) is 0 Å². The Morgan fingerprint density at radius 3 is 2.45 bits per heavy atom. The number of anilines is 1. The van der Waals surface area contributed by atoms with Crippen molar-refractivity contribution in [2.45, 2.75) is 4.90 Å². The SMILES string of the molecule is COc1ccc(S(=O)(=O)CCOS(=O)(=O)O)cc1NCl. The molecule has 1 aromatic carbocycles. The van der Waals surface area contributed by atoms with Crippen LogP contribution in [0.3, 0.4) is 0 Å². The zero-order valence-electron chi connectivity index (χ0n) is 10.2. The molecule has 0 fully saturated rings. The molecule has 0 aliphatic rings. The molecule has 0 spiro atoms. The van der Waals surface area contributed by atoms with Crippen LogP contribution in [0.5, 0.6) is 5.75 Å². The van der Waals surface area contributed by atoms with E-state index >= 15 is 0 Å². The van der Waals surface area contributed by atoms with Gasteiger partial charge in [-0.05, 0) is 18.2 Å². The smallest absolute Gasteiger partial charge is 0.397 e. The van der Waals surface area contributed by atoms with Gasteiger partial charge in [0.2, 0.25) is 0 Å². The number of hydrogen-bond donors (Lipinski definition) is 2. The number of ether oxygens (including phenoxy) is 1. The highest BCUT2D eigenvalue weighted by Crippen LogP contribution is 2.28. The topological polar surface area (TPSA) is 119 Å². The minimum atomic E-state index is -4.67. The Hall–Kier alpha value is -1.07. The van der Waals surface area contributed by atoms with Gasteiger partial charge in [0.15, 0.2) is 9.84 Å². The van der Waals surface area contributed by atoms with Gasteiger partial charge in [-0.15, -0.1) is 0 Å². The molecule has 20 heavy (non-hydrogen) atoms. The van der Waals surface area contributed by atoms with E-state index in [2.05, 4.69) is 9.02 Å². The van der Waals surface area contributed by atoms with Crippen molar-refractivity contribution in [3.63, 3.8) is 0 Å². The molecule has 1 aromatic rings. The fourth-order valence-electron chi connectivity index (χ4n) is 1.32. The molecule has 0 bridgehead atoms. The summed E-state index contributed by atoms with van der Waals surface area (Å²) in [6.45, 7) is -0.698. The summed E-state index contributed by atoms with van der Waals surface area (Å²) in [5, 5.41) is 0. The highest BCUT2D eigenvalue weighted by atomic mass is 35.5. The van der Waals surface area contributed by atoms with Gasteiger partial charge in [0, 0.05) is 11.8 Å². The van der Waals surface area contributed by atoms with Crippen LogP contribution in [-0.2, 0) is 24.4 Å². The van der Waals surface area contributed by atoms with Gasteiger partial charge in [0.25, 0.3) is 0 Å². The molecule has 0 radical (unpaired) electrons. The second-order valence-corrected chi connectivity index (χ2v) is 6.91. The van der Waals surface area contributed by atoms with E-state index in [9.17, 15) is 16.8 Å². The summed E-state index contributed by atoms with van der Waals surface area (Å²) in [5.74, 6) is -0.283. The molecule has 0 aliphatic heterocycles. The van der Waals surface area contributed by atoms with Crippen LogP contribution in [0.15, 0.2) is 23.1 Å². The van der Waals surface area contributed by atoms with Crippen molar-refractivity contribution in [1.82, 2.24) is 0 Å². The van der Waals surface area contributed by atoms with E-state index in [0.29, 0.717) is 5.75 Å². The summed E-state index contributed by atoms with van der Waals surface area (Å²) in [6, 6.07) is 3.90. The molecule has 114 valence electrons. The molecule has 0 unspecified atom stereocenters. The van der Waals surface area contributed by atoms with Crippen LogP contribution >= 0.6 is 11.8 Å². The van der Waals surface area contributed by atoms with Gasteiger partial charge in [0.05, 0.1) is 30.1 Å². The van der Waals surface area contributed by atoms with Gasteiger partial charge in [0.1, 0.15) is 5.75 Å². The first kappa shape index (κ1) is 17.0. The fraction of sp³-hybridized carbons (Fsp3) is 0.333. The third kappa shape index (κ3) is 4.80. The van der Waals surface area contributed by atoms with Crippen LogP contribution in [0.25, 0.3) is 0 Å². The van der Waals surface area contributed by atoms with Crippen LogP contribution in [0.4, 0.5) is 5.69 Å². The molecule has 2 N–H and O–H groups in total. The molecule has 0 amide bonds. The lowest BCUT2D eigenvalue weighted by Gasteiger charge is -2.09. The highest BCUT2D eigenvalue weighted by molar-refractivity contribution is 7.91. The minimum Gasteiger partial charge on any atom is -0.495 e. The Kier molecular flexibility index (Phi) is 5.59. The number of rotatable bonds is 7. The van der Waals surface area contributed by atoms with Crippen molar-refractivity contribution in [3.8, 4) is 5.75 Å². The second kappa shape index (κ2) is 6.59. The van der Waals surface area contributed by atoms with Crippen molar-refractivity contribution < 1.29 is 30.3 Å². The summed E-state index contributed by atoms with van der Waals surface area (Å²) in [7, 11) is -7.08. The maximum atomic E-state index is 11.9. The first-order valence-electron chi connectivity index (χ1n) is 5.09. The molecule has 11 heteroatoms. The lowest BCUT2D eigenvalue weighted by Crippen LogP contribution is -2.15. The Labute approximate surface area is 121 Å². The third-order valence-corrected chi connectivity index (χ3v) is 4.56. The van der Waals surface area contributed by atoms with Gasteiger partial charge >= 0.3 is 10.4 Å². The maximum Gasteiger partial charge on any atom is 0.397 e. The average molecular weight is 346 g/mol. The summed E-state index contributed by atoms with van der Waals surface area (Å²) in [6.07, 6.45) is 0. The van der Waals surface area contributed by atoms with E-state index in [4.69, 9.17) is 21.1 Å². The van der Waals surface area contributed by atoms with Crippen LogP contribution < -0.4 is 9.57 Å². The molecule has 8 nitrogen and oxygen atoms in total. The normalized spacial score (nSPS) is 12.2. The van der Waals surface area contributed by atoms with E-state index in [0.717, 1.165) is 0 Å². The zero-order valence-corrected chi connectivity index (χ0v) is 12.6. The molecule has 0 atom stereocenters. The number of nitrogens with one attached hydrogen (secondary N) is 1. The minimum absolute atomic E-state index is 0.0969. The van der Waals surface area contributed by atoms with Crippen molar-refractivity contribution in [3.05, 3.63) is 18.2 Å². The van der Waals surface area contributed by atoms with Crippen LogP contribution in [0.2, 0.25) is 0 Å². The third-order valence-electron chi connectivity index (χ3n) is 2.22. The van der Waals surface area contributed by atoms with Crippen LogP contribution in [0, 0.1) is 0 Å². The van der Waals surface area contributed by atoms with Crippen LogP contribution in [-0.4, -0.2) is 40.9 Å². The Bertz CT molecular complexity index is 672. The fourth-order valence-corrected chi connectivity index (χ4v) is 2.98. The first-order valence-corrected chi connectivity index (χ1v) is 8.48. The van der Waals surface area contributed by atoms with Gasteiger partial charge in [-0.2, -0.15) is 8.42 Å². The van der Waals surface area contributed by atoms with Gasteiger partial charge < -0.3 is 4.74 Å². The van der Waals surface area contributed by atoms with Crippen molar-refractivity contribution in [2.75, 3.05) is 24.3 Å². The zero-order chi connectivity index (χ0) is 15.4. The number of hydrogen-bond acceptors (Lipinski definition) is 7. The van der Waals surface area contributed by atoms with Crippen molar-refractivity contribution in [2.24, 2.45) is 0 Å². The molecule has 1 rings (SSSR count). The Morgan fingerprint density at radius 2 is 1.95 bits per heavy atom. The lowest BCUT2D eigenvalue weighted by atomic mass is 10.3. The van der Waals surface area contributed by atoms with Crippen molar-refractivity contribution >= 4 is 37.7 Å². The summed E-state index contributed by atoms with van der Waals surface area (Å²) in [4.78, 5) is 2.16. The number of methoxy groups -OCH3 is 1. The highest BCUT2D eigenvalue weighted by Gasteiger charge is 2.18. The Morgan fingerprint density at radius 1 is 1.30 bits per heavy atom. The van der Waals surface area contributed by atoms with E-state index in [-0.39, 0.29) is 10.6 Å². The van der Waals surface area contributed by atoms with E-state index in [1.165, 1.54) is 25.3 Å². The first-order chi connectivity index (χ1) is 9.19. The molecule has 0 saturated heterocycles. The van der Waals surface area contributed by atoms with E-state index in [1.54, 1.807) is 0 Å². The molecular weight excluding hydrogens is 334 g/mol. The number of benzene rings is 1. The predicted octanol–water partition coefficient (Wildman–Crippen LogP) is 0.854. The van der Waals surface area contributed by atoms with Crippen LogP contribution in [0.1, 0.15) is 0 Å². The van der Waals surface area contributed by atoms with E-state index in [1.807, 2.05) is 0 Å². The van der Waals surface area contributed by atoms with Gasteiger partial charge in [-0.25, -0.2) is 12.6 Å². The van der Waals surface area contributed by atoms with Gasteiger partial charge in [-0.3, -0.25) is 9.39 Å². The molecule has 0 saturated carbocycles. The summed E-state index contributed by atoms with van der Waals surface area (Å²) in [5.41, 5.74) is 0.242. The van der Waals surface area contributed by atoms with E-state index < -0.39 is 32.6 Å². The second-order valence-electron chi connectivity index (χ2n) is 3.53. The molecule has 0 aromatic heterocycles. The predicted molar refractivity (Wildman–Crippen MR) is 72.0 cm³/mol. The summed E-state index contributed by atoms with van der Waals surface area (Å²) >= 11 is 5.44. The maximum absolute atomic E-state index is 11.9. The van der Waals surface area contributed by atoms with Gasteiger partial charge in [-0.1, -0.05) is 0 Å².